The summed E-state index contributed by atoms with van der Waals surface area (Å²) in [6, 6.07) is 137. The summed E-state index contributed by atoms with van der Waals surface area (Å²) in [6.07, 6.45) is 0. The van der Waals surface area contributed by atoms with Crippen LogP contribution in [0, 0.1) is 0 Å². The van der Waals surface area contributed by atoms with E-state index in [9.17, 15) is 19.2 Å². The van der Waals surface area contributed by atoms with Crippen LogP contribution in [0.25, 0.3) is 220 Å². The molecular formula is C136H91BN4. The molecule has 0 bridgehead atoms. The van der Waals surface area contributed by atoms with E-state index in [1.807, 2.05) is 133 Å². The van der Waals surface area contributed by atoms with Crippen LogP contribution in [0.3, 0.4) is 0 Å². The second-order valence-corrected chi connectivity index (χ2v) is 38.2. The molecule has 5 heteroatoms. The summed E-state index contributed by atoms with van der Waals surface area (Å²) in [6.45, 7) is 5.87. The van der Waals surface area contributed by atoms with Gasteiger partial charge in [-0.25, -0.2) is 0 Å². The molecule has 2 aliphatic rings. The number of benzene rings is 24. The summed E-state index contributed by atoms with van der Waals surface area (Å²) in [5, 5.41) is 12.8. The highest BCUT2D eigenvalue weighted by Crippen LogP contribution is 2.57. The van der Waals surface area contributed by atoms with E-state index < -0.39 is 60.5 Å². The van der Waals surface area contributed by atoms with E-state index in [1.165, 1.54) is 0 Å². The van der Waals surface area contributed by atoms with Gasteiger partial charge in [0.1, 0.15) is 0 Å². The fourth-order valence-corrected chi connectivity index (χ4v) is 22.5. The first-order valence-corrected chi connectivity index (χ1v) is 48.0. The molecule has 141 heavy (non-hydrogen) atoms. The van der Waals surface area contributed by atoms with Crippen LogP contribution in [0.1, 0.15) is 45.5 Å². The Hall–Kier alpha value is -17.9. The summed E-state index contributed by atoms with van der Waals surface area (Å²) in [5.41, 5.74) is 21.1. The normalized spacial score (nSPS) is 13.9. The summed E-state index contributed by atoms with van der Waals surface area (Å²) in [7, 11) is 0. The third-order valence-corrected chi connectivity index (χ3v) is 29.2. The van der Waals surface area contributed by atoms with Gasteiger partial charge >= 0.3 is 0 Å². The molecule has 0 saturated carbocycles. The topological polar surface area (TPSA) is 16.3 Å². The highest BCUT2D eigenvalue weighted by Gasteiger charge is 2.47. The van der Waals surface area contributed by atoms with Gasteiger partial charge in [-0.2, -0.15) is 0 Å². The van der Waals surface area contributed by atoms with Crippen LogP contribution < -0.4 is 26.2 Å². The maximum atomic E-state index is 11.1. The summed E-state index contributed by atoms with van der Waals surface area (Å²) in [4.78, 5) is 4.87. The predicted octanol–water partition coefficient (Wildman–Crippen LogP) is 35.2. The van der Waals surface area contributed by atoms with Gasteiger partial charge in [-0.15, -0.1) is 0 Å². The highest BCUT2D eigenvalue weighted by atomic mass is 15.2. The van der Waals surface area contributed by atoms with Gasteiger partial charge in [0, 0.05) is 77.9 Å². The Labute approximate surface area is 838 Å². The largest absolute Gasteiger partial charge is 0.310 e. The first-order valence-electron chi connectivity index (χ1n) is 55.0. The van der Waals surface area contributed by atoms with E-state index >= 15 is 0 Å². The minimum Gasteiger partial charge on any atom is -0.310 e. The van der Waals surface area contributed by atoms with Crippen molar-refractivity contribution in [2.24, 2.45) is 0 Å². The SMILES string of the molecule is [2H]c1c([2H])c([2H])c2c(c1[2H])c1c([2H])c([2H])c(-c3cccc(-c4ccccc4)c3)c([2H])c1n2-c1ccc2c(c1)N(c1c(-c3ccc4c(ccc5ccccc54)c3)cccc1-c1ccc3c(ccc4ccccc43)c1)c1cc(C(C)(C)C)cc3c1B2c1ccc(-n2c4c([2H])c([2H])c([2H])c([2H])c4c4c([2H])c([2H])c(-c5cccc(-c6ccccc6)c5)c([2H])c42)cc1N3c1c(-c2ccccc2)cc(-c2ccccc2)cc1-c1ccc2c(ccc3ccccc32)c1. The molecule has 28 rings (SSSR count). The van der Waals surface area contributed by atoms with Gasteiger partial charge in [-0.3, -0.25) is 0 Å². The molecule has 4 nitrogen and oxygen atoms in total. The first kappa shape index (κ1) is 68.2. The zero-order chi connectivity index (χ0) is 105. The second kappa shape index (κ2) is 32.4. The molecular weight excluding hydrogens is 1700 g/mol. The van der Waals surface area contributed by atoms with Crippen molar-refractivity contribution in [2.45, 2.75) is 26.2 Å². The molecule has 2 aliphatic heterocycles. The summed E-state index contributed by atoms with van der Waals surface area (Å²) < 4.78 is 147. The minimum atomic E-state index is -0.831. The number of rotatable bonds is 13. The van der Waals surface area contributed by atoms with Crippen LogP contribution >= 0.6 is 0 Å². The molecule has 0 fully saturated rings. The Morgan fingerprint density at radius 2 is 0.553 bits per heavy atom. The van der Waals surface area contributed by atoms with Gasteiger partial charge < -0.3 is 18.9 Å². The van der Waals surface area contributed by atoms with E-state index in [2.05, 4.69) is 310 Å². The quantitative estimate of drug-likeness (QED) is 0.0845. The number of nitrogens with zero attached hydrogens (tertiary/aromatic N) is 4. The number of anilines is 6. The minimum absolute atomic E-state index is 0.000361. The first-order chi connectivity index (χ1) is 75.4. The number of aromatic nitrogens is 2. The van der Waals surface area contributed by atoms with Crippen molar-refractivity contribution in [3.05, 3.63) is 503 Å². The molecule has 658 valence electrons. The monoisotopic (exact) mass is 1800 g/mol. The van der Waals surface area contributed by atoms with Crippen molar-refractivity contribution < 1.29 is 19.2 Å². The van der Waals surface area contributed by atoms with E-state index in [-0.39, 0.29) is 91.0 Å². The van der Waals surface area contributed by atoms with Gasteiger partial charge in [-0.1, -0.05) is 415 Å². The standard InChI is InChI=1S/C136H91BN4/c1-136(2,3)106-82-131-133-132(83-106)141(135-121(89-35-14-7-15-36-89)78-105(88-33-12-6-13-34-88)79-122(135)104-63-68-114-101(77-104)58-55-92-39-18-21-46-111(92)114)130-85-108(139-126-52-25-23-48-118(126)120-70-60-98(81-128(120)139)96-43-27-41-94(74-96)87-31-10-5-11-32-87)65-72-124(130)137(133)123-71-64-107(138-125-51-24-22-47-117(125)119-69-59-97(80-127(119)138)95-42-26-40-93(73-95)86-29-8-4-9-30-86)84-129(123)140(131)134-115(102-61-66-112-99(75-102)56-53-90-37-16-19-44-109(90)112)49-28-50-116(134)103-62-67-113-100(76-103)57-54-91-38-17-20-45-110(91)113/h4-85H,1-3H3/i22D,23D,24D,25D,47D,48D,51D,52D,59D,60D,69D,70D,80D,81D. The molecule has 24 aromatic carbocycles. The third kappa shape index (κ3) is 13.4. The number of hydrogen-bond acceptors (Lipinski definition) is 2. The fourth-order valence-electron chi connectivity index (χ4n) is 22.5. The Kier molecular flexibility index (Phi) is 15.7. The van der Waals surface area contributed by atoms with E-state index in [4.69, 9.17) is 0 Å². The molecule has 26 aromatic rings. The molecule has 0 amide bonds. The molecule has 0 saturated heterocycles. The number of hydrogen-bond donors (Lipinski definition) is 0. The third-order valence-electron chi connectivity index (χ3n) is 29.2. The molecule has 0 spiro atoms. The number of fused-ring (bicyclic) bond motifs is 19. The summed E-state index contributed by atoms with van der Waals surface area (Å²) >= 11 is 0. The Morgan fingerprint density at radius 3 is 0.986 bits per heavy atom. The lowest BCUT2D eigenvalue weighted by molar-refractivity contribution is 0.590. The zero-order valence-electron chi connectivity index (χ0n) is 91.1. The van der Waals surface area contributed by atoms with Crippen LogP contribution in [0.2, 0.25) is 0 Å². The molecule has 4 heterocycles. The Morgan fingerprint density at radius 1 is 0.213 bits per heavy atom. The van der Waals surface area contributed by atoms with Gasteiger partial charge in [-0.05, 0) is 273 Å². The molecule has 0 unspecified atom stereocenters. The van der Waals surface area contributed by atoms with Crippen molar-refractivity contribution in [1.82, 2.24) is 9.13 Å². The van der Waals surface area contributed by atoms with E-state index in [0.29, 0.717) is 33.9 Å². The second-order valence-electron chi connectivity index (χ2n) is 38.2. The lowest BCUT2D eigenvalue weighted by Gasteiger charge is -2.46. The molecule has 2 aromatic heterocycles. The molecule has 0 radical (unpaired) electrons. The number of para-hydroxylation sites is 3. The van der Waals surface area contributed by atoms with Crippen LogP contribution in [-0.4, -0.2) is 15.8 Å². The highest BCUT2D eigenvalue weighted by molar-refractivity contribution is 7.00. The zero-order valence-corrected chi connectivity index (χ0v) is 77.1. The summed E-state index contributed by atoms with van der Waals surface area (Å²) in [5.74, 6) is 0. The fraction of sp³-hybridized carbons (Fsp3) is 0.0294. The van der Waals surface area contributed by atoms with E-state index in [1.54, 1.807) is 9.13 Å². The smallest absolute Gasteiger partial charge is 0.252 e. The Balaban J connectivity index is 0.812. The molecule has 0 N–H and O–H groups in total. The predicted molar refractivity (Wildman–Crippen MR) is 602 cm³/mol. The lowest BCUT2D eigenvalue weighted by Crippen LogP contribution is -2.61. The van der Waals surface area contributed by atoms with Crippen molar-refractivity contribution in [1.29, 1.82) is 0 Å². The van der Waals surface area contributed by atoms with Gasteiger partial charge in [0.25, 0.3) is 6.71 Å². The van der Waals surface area contributed by atoms with Gasteiger partial charge in [0.05, 0.1) is 52.6 Å². The maximum Gasteiger partial charge on any atom is 0.252 e. The average molecular weight is 1810 g/mol. The Bertz CT molecular complexity index is 10500. The van der Waals surface area contributed by atoms with Gasteiger partial charge in [0.15, 0.2) is 0 Å². The maximum absolute atomic E-state index is 11.1. The van der Waals surface area contributed by atoms with E-state index in [0.717, 1.165) is 187 Å². The lowest BCUT2D eigenvalue weighted by atomic mass is 9.33. The van der Waals surface area contributed by atoms with Crippen molar-refractivity contribution in [2.75, 3.05) is 9.80 Å². The van der Waals surface area contributed by atoms with Gasteiger partial charge in [0.2, 0.25) is 0 Å². The molecule has 0 atom stereocenters. The van der Waals surface area contributed by atoms with Crippen LogP contribution in [0.4, 0.5) is 34.1 Å². The van der Waals surface area contributed by atoms with Crippen LogP contribution in [-0.2, 0) is 5.41 Å². The van der Waals surface area contributed by atoms with Crippen molar-refractivity contribution in [3.8, 4) is 112 Å². The average Bonchev–Trinajstić information content (AvgIpc) is 1.54. The van der Waals surface area contributed by atoms with Crippen molar-refractivity contribution >= 4 is 165 Å². The van der Waals surface area contributed by atoms with Crippen molar-refractivity contribution in [3.63, 3.8) is 0 Å². The van der Waals surface area contributed by atoms with Crippen LogP contribution in [0.15, 0.2) is 497 Å². The molecule has 0 aliphatic carbocycles. The van der Waals surface area contributed by atoms with Crippen LogP contribution in [0.5, 0.6) is 0 Å².